The number of amides is 1. The number of nitrogens with zero attached hydrogens (tertiary/aromatic N) is 1. The largest absolute Gasteiger partial charge is 0.457 e. The van der Waals surface area contributed by atoms with Crippen LogP contribution in [-0.2, 0) is 17.4 Å². The first-order valence-electron chi connectivity index (χ1n) is 10.1. The average Bonchev–Trinajstić information content (AvgIpc) is 2.78. The third kappa shape index (κ3) is 5.41. The summed E-state index contributed by atoms with van der Waals surface area (Å²) in [6, 6.07) is 17.1. The molecule has 1 aromatic heterocycles. The van der Waals surface area contributed by atoms with Gasteiger partial charge < -0.3 is 15.2 Å². The van der Waals surface area contributed by atoms with Crippen LogP contribution in [0.2, 0.25) is 0 Å². The van der Waals surface area contributed by atoms with E-state index in [-0.39, 0.29) is 23.7 Å². The smallest absolute Gasteiger partial charge is 0.420 e. The summed E-state index contributed by atoms with van der Waals surface area (Å²) in [5.41, 5.74) is 4.91. The van der Waals surface area contributed by atoms with E-state index >= 15 is 0 Å². The third-order valence-electron chi connectivity index (χ3n) is 4.91. The van der Waals surface area contributed by atoms with Crippen molar-refractivity contribution < 1.29 is 27.4 Å². The number of halogens is 3. The Morgan fingerprint density at radius 3 is 2.45 bits per heavy atom. The van der Waals surface area contributed by atoms with Crippen LogP contribution in [-0.4, -0.2) is 10.9 Å². The number of rotatable bonds is 7. The second-order valence-electron chi connectivity index (χ2n) is 7.33. The summed E-state index contributed by atoms with van der Waals surface area (Å²) in [6.07, 6.45) is -0.947. The maximum absolute atomic E-state index is 13.8. The molecule has 2 N–H and O–H groups in total. The topological polar surface area (TPSA) is 74.4 Å². The minimum atomic E-state index is -4.67. The molecule has 0 spiro atoms. The number of carbonyl (C=O) groups is 1. The lowest BCUT2D eigenvalue weighted by Gasteiger charge is -2.16. The fraction of sp³-hybridized carbons (Fsp3) is 0.120. The molecular formula is C25H19F3N2O3. The fourth-order valence-corrected chi connectivity index (χ4v) is 3.34. The lowest BCUT2D eigenvalue weighted by atomic mass is 10.1. The highest BCUT2D eigenvalue weighted by Crippen LogP contribution is 2.41. The molecule has 1 amide bonds. The summed E-state index contributed by atoms with van der Waals surface area (Å²) >= 11 is 0. The molecule has 33 heavy (non-hydrogen) atoms. The van der Waals surface area contributed by atoms with Crippen LogP contribution in [0.4, 0.5) is 13.2 Å². The molecule has 0 aliphatic heterocycles. The summed E-state index contributed by atoms with van der Waals surface area (Å²) in [6.45, 7) is 0. The number of pyridine rings is 1. The SMILES string of the molecule is NC(=O)CCc1cccc(Oc2ccc(Oc3cccc4ccncc34)cc2C(F)(F)F)c1. The van der Waals surface area contributed by atoms with E-state index in [1.165, 1.54) is 12.1 Å². The van der Waals surface area contributed by atoms with Gasteiger partial charge in [0.1, 0.15) is 28.6 Å². The van der Waals surface area contributed by atoms with E-state index in [9.17, 15) is 18.0 Å². The Bertz CT molecular complexity index is 1300. The standard InChI is InChI=1S/C25H19F3N2O3/c26-25(27,28)21-14-19(32-22-6-2-4-17-11-12-30-15-20(17)22)8-9-23(21)33-18-5-1-3-16(13-18)7-10-24(29)31/h1-6,8-9,11-15H,7,10H2,(H2,29,31). The van der Waals surface area contributed by atoms with E-state index in [4.69, 9.17) is 15.2 Å². The van der Waals surface area contributed by atoms with Gasteiger partial charge in [-0.1, -0.05) is 24.3 Å². The number of nitrogens with two attached hydrogens (primary N) is 1. The molecule has 168 valence electrons. The molecule has 0 aliphatic rings. The first-order chi connectivity index (χ1) is 15.8. The van der Waals surface area contributed by atoms with Gasteiger partial charge in [0.2, 0.25) is 5.91 Å². The molecule has 0 saturated heterocycles. The monoisotopic (exact) mass is 452 g/mol. The Kier molecular flexibility index (Phi) is 6.17. The predicted molar refractivity (Wildman–Crippen MR) is 117 cm³/mol. The van der Waals surface area contributed by atoms with Crippen LogP contribution in [0.15, 0.2) is 79.1 Å². The molecule has 4 aromatic rings. The predicted octanol–water partition coefficient (Wildman–Crippen LogP) is 6.26. The minimum absolute atomic E-state index is 0.0150. The highest BCUT2D eigenvalue weighted by molar-refractivity contribution is 5.87. The Morgan fingerprint density at radius 2 is 1.67 bits per heavy atom. The van der Waals surface area contributed by atoms with E-state index in [1.54, 1.807) is 54.9 Å². The molecule has 0 bridgehead atoms. The summed E-state index contributed by atoms with van der Waals surface area (Å²) in [5.74, 6) is -0.193. The number of carbonyl (C=O) groups excluding carboxylic acids is 1. The first kappa shape index (κ1) is 22.1. The molecule has 0 fully saturated rings. The van der Waals surface area contributed by atoms with Crippen molar-refractivity contribution in [2.24, 2.45) is 5.73 Å². The molecular weight excluding hydrogens is 433 g/mol. The van der Waals surface area contributed by atoms with Crippen LogP contribution in [0.3, 0.4) is 0 Å². The number of benzene rings is 3. The number of primary amides is 1. The minimum Gasteiger partial charge on any atom is -0.457 e. The second kappa shape index (κ2) is 9.20. The van der Waals surface area contributed by atoms with Gasteiger partial charge in [-0.3, -0.25) is 9.78 Å². The van der Waals surface area contributed by atoms with Gasteiger partial charge in [0.05, 0.1) is 0 Å². The molecule has 0 aliphatic carbocycles. The van der Waals surface area contributed by atoms with E-state index in [0.29, 0.717) is 17.6 Å². The lowest BCUT2D eigenvalue weighted by Crippen LogP contribution is -2.11. The molecule has 3 aromatic carbocycles. The van der Waals surface area contributed by atoms with Gasteiger partial charge in [-0.15, -0.1) is 0 Å². The zero-order valence-electron chi connectivity index (χ0n) is 17.3. The number of aromatic nitrogens is 1. The number of alkyl halides is 3. The molecule has 0 radical (unpaired) electrons. The summed E-state index contributed by atoms with van der Waals surface area (Å²) in [5, 5.41) is 1.54. The molecule has 0 saturated carbocycles. The van der Waals surface area contributed by atoms with E-state index in [1.807, 2.05) is 6.07 Å². The summed E-state index contributed by atoms with van der Waals surface area (Å²) < 4.78 is 52.8. The van der Waals surface area contributed by atoms with Gasteiger partial charge in [-0.25, -0.2) is 0 Å². The van der Waals surface area contributed by atoms with E-state index < -0.39 is 17.6 Å². The zero-order chi connectivity index (χ0) is 23.4. The van der Waals surface area contributed by atoms with Crippen LogP contribution < -0.4 is 15.2 Å². The molecule has 0 unspecified atom stereocenters. The lowest BCUT2D eigenvalue weighted by molar-refractivity contribution is -0.138. The van der Waals surface area contributed by atoms with Crippen molar-refractivity contribution in [3.05, 3.63) is 90.3 Å². The van der Waals surface area contributed by atoms with E-state index in [0.717, 1.165) is 17.0 Å². The van der Waals surface area contributed by atoms with Crippen LogP contribution in [0.5, 0.6) is 23.0 Å². The quantitative estimate of drug-likeness (QED) is 0.359. The molecule has 8 heteroatoms. The van der Waals surface area contributed by atoms with Gasteiger partial charge >= 0.3 is 6.18 Å². The van der Waals surface area contributed by atoms with Gasteiger partial charge in [0, 0.05) is 24.2 Å². The molecule has 5 nitrogen and oxygen atoms in total. The maximum Gasteiger partial charge on any atom is 0.420 e. The highest BCUT2D eigenvalue weighted by Gasteiger charge is 2.35. The summed E-state index contributed by atoms with van der Waals surface area (Å²) in [7, 11) is 0. The molecule has 1 heterocycles. The molecule has 4 rings (SSSR count). The van der Waals surface area contributed by atoms with Crippen molar-refractivity contribution in [1.82, 2.24) is 4.98 Å². The fourth-order valence-electron chi connectivity index (χ4n) is 3.34. The van der Waals surface area contributed by atoms with Crippen molar-refractivity contribution in [1.29, 1.82) is 0 Å². The van der Waals surface area contributed by atoms with Gasteiger partial charge in [0.15, 0.2) is 0 Å². The zero-order valence-corrected chi connectivity index (χ0v) is 17.3. The normalized spacial score (nSPS) is 11.4. The Morgan fingerprint density at radius 1 is 0.909 bits per heavy atom. The number of hydrogen-bond donors (Lipinski definition) is 1. The molecule has 0 atom stereocenters. The van der Waals surface area contributed by atoms with Gasteiger partial charge in [-0.2, -0.15) is 13.2 Å². The Hall–Kier alpha value is -4.07. The number of hydrogen-bond acceptors (Lipinski definition) is 4. The Labute approximate surface area is 187 Å². The van der Waals surface area contributed by atoms with Crippen LogP contribution in [0, 0.1) is 0 Å². The maximum atomic E-state index is 13.8. The van der Waals surface area contributed by atoms with Crippen molar-refractivity contribution in [3.63, 3.8) is 0 Å². The second-order valence-corrected chi connectivity index (χ2v) is 7.33. The van der Waals surface area contributed by atoms with Crippen LogP contribution in [0.25, 0.3) is 10.8 Å². The van der Waals surface area contributed by atoms with E-state index in [2.05, 4.69) is 4.98 Å². The number of aryl methyl sites for hydroxylation is 1. The van der Waals surface area contributed by atoms with Crippen molar-refractivity contribution >= 4 is 16.7 Å². The van der Waals surface area contributed by atoms with Crippen molar-refractivity contribution in [3.8, 4) is 23.0 Å². The van der Waals surface area contributed by atoms with Crippen molar-refractivity contribution in [2.45, 2.75) is 19.0 Å². The van der Waals surface area contributed by atoms with Crippen LogP contribution >= 0.6 is 0 Å². The average molecular weight is 452 g/mol. The van der Waals surface area contributed by atoms with Gasteiger partial charge in [0.25, 0.3) is 0 Å². The number of ether oxygens (including phenoxy) is 2. The van der Waals surface area contributed by atoms with Gasteiger partial charge in [-0.05, 0) is 59.8 Å². The summed E-state index contributed by atoms with van der Waals surface area (Å²) in [4.78, 5) is 15.0. The Balaban J connectivity index is 1.63. The van der Waals surface area contributed by atoms with Crippen molar-refractivity contribution in [2.75, 3.05) is 0 Å². The highest BCUT2D eigenvalue weighted by atomic mass is 19.4. The third-order valence-corrected chi connectivity index (χ3v) is 4.91. The van der Waals surface area contributed by atoms with Crippen LogP contribution in [0.1, 0.15) is 17.5 Å². The first-order valence-corrected chi connectivity index (χ1v) is 10.1. The number of fused-ring (bicyclic) bond motifs is 1.